The van der Waals surface area contributed by atoms with E-state index in [4.69, 9.17) is 4.42 Å². The Labute approximate surface area is 203 Å². The zero-order valence-corrected chi connectivity index (χ0v) is 19.4. The number of hydrogen-bond donors (Lipinski definition) is 2. The van der Waals surface area contributed by atoms with E-state index in [0.29, 0.717) is 22.0 Å². The molecule has 10 heteroatoms. The summed E-state index contributed by atoms with van der Waals surface area (Å²) in [6, 6.07) is 10.2. The highest BCUT2D eigenvalue weighted by molar-refractivity contribution is 7.17. The lowest BCUT2D eigenvalue weighted by Gasteiger charge is -2.13. The molecular weight excluding hydrogens is 471 g/mol. The summed E-state index contributed by atoms with van der Waals surface area (Å²) in [4.78, 5) is 39.8. The van der Waals surface area contributed by atoms with Gasteiger partial charge in [-0.05, 0) is 67.6 Å². The first kappa shape index (κ1) is 22.7. The van der Waals surface area contributed by atoms with E-state index in [-0.39, 0.29) is 18.1 Å². The summed E-state index contributed by atoms with van der Waals surface area (Å²) in [5.41, 5.74) is 0.943. The molecule has 3 aromatic heterocycles. The van der Waals surface area contributed by atoms with Crippen molar-refractivity contribution in [3.63, 3.8) is 0 Å². The summed E-state index contributed by atoms with van der Waals surface area (Å²) in [5, 5.41) is 10.1. The minimum Gasteiger partial charge on any atom is -0.467 e. The predicted molar refractivity (Wildman–Crippen MR) is 129 cm³/mol. The van der Waals surface area contributed by atoms with Crippen LogP contribution in [0.3, 0.4) is 0 Å². The lowest BCUT2D eigenvalue weighted by atomic mass is 9.95. The first-order chi connectivity index (χ1) is 17.0. The van der Waals surface area contributed by atoms with Gasteiger partial charge in [0.05, 0.1) is 24.1 Å². The average Bonchev–Trinajstić information content (AvgIpc) is 3.51. The fourth-order valence-corrected chi connectivity index (χ4v) is 5.31. The highest BCUT2D eigenvalue weighted by Gasteiger charge is 2.27. The second kappa shape index (κ2) is 9.67. The monoisotopic (exact) mass is 492 g/mol. The second-order valence-corrected chi connectivity index (χ2v) is 9.19. The summed E-state index contributed by atoms with van der Waals surface area (Å²) in [6.45, 7) is 0.215. The molecule has 178 valence electrons. The van der Waals surface area contributed by atoms with Gasteiger partial charge in [-0.3, -0.25) is 14.4 Å². The van der Waals surface area contributed by atoms with Gasteiger partial charge in [0.1, 0.15) is 16.6 Å². The molecule has 8 nitrogen and oxygen atoms in total. The van der Waals surface area contributed by atoms with Gasteiger partial charge in [-0.15, -0.1) is 11.3 Å². The maximum Gasteiger partial charge on any atom is 0.280 e. The first-order valence-electron chi connectivity index (χ1n) is 11.1. The Morgan fingerprint density at radius 3 is 2.66 bits per heavy atom. The first-order valence-corrected chi connectivity index (χ1v) is 11.9. The number of anilines is 1. The molecule has 0 atom stereocenters. The van der Waals surface area contributed by atoms with E-state index in [1.54, 1.807) is 12.1 Å². The third-order valence-corrected chi connectivity index (χ3v) is 6.95. The van der Waals surface area contributed by atoms with Crippen LogP contribution < -0.4 is 16.1 Å². The van der Waals surface area contributed by atoms with Crippen LogP contribution in [0.1, 0.15) is 49.9 Å². The number of thiophene rings is 1. The molecule has 1 aliphatic rings. The van der Waals surface area contributed by atoms with Gasteiger partial charge in [0.15, 0.2) is 5.69 Å². The van der Waals surface area contributed by atoms with Crippen LogP contribution in [0.25, 0.3) is 5.69 Å². The summed E-state index contributed by atoms with van der Waals surface area (Å²) < 4.78 is 19.9. The molecule has 5 rings (SSSR count). The zero-order chi connectivity index (χ0) is 24.4. The highest BCUT2D eigenvalue weighted by atomic mass is 32.1. The van der Waals surface area contributed by atoms with E-state index < -0.39 is 17.2 Å². The van der Waals surface area contributed by atoms with Crippen LogP contribution in [0, 0.1) is 5.82 Å². The smallest absolute Gasteiger partial charge is 0.280 e. The molecular formula is C25H21FN4O4S. The van der Waals surface area contributed by atoms with Crippen molar-refractivity contribution < 1.29 is 18.4 Å². The molecule has 2 amide bonds. The highest BCUT2D eigenvalue weighted by Crippen LogP contribution is 2.38. The number of nitrogens with zero attached hydrogens (tertiary/aromatic N) is 2. The Kier molecular flexibility index (Phi) is 6.28. The molecule has 35 heavy (non-hydrogen) atoms. The largest absolute Gasteiger partial charge is 0.467 e. The molecule has 1 aromatic carbocycles. The van der Waals surface area contributed by atoms with Crippen LogP contribution in [-0.2, 0) is 19.4 Å². The minimum atomic E-state index is -0.717. The van der Waals surface area contributed by atoms with E-state index in [9.17, 15) is 18.8 Å². The molecule has 3 heterocycles. The van der Waals surface area contributed by atoms with E-state index in [2.05, 4.69) is 15.7 Å². The molecule has 0 unspecified atom stereocenters. The van der Waals surface area contributed by atoms with E-state index in [0.717, 1.165) is 36.1 Å². The van der Waals surface area contributed by atoms with Crippen molar-refractivity contribution >= 4 is 28.2 Å². The Balaban J connectivity index is 1.43. The molecule has 0 spiro atoms. The predicted octanol–water partition coefficient (Wildman–Crippen LogP) is 4.09. The van der Waals surface area contributed by atoms with Crippen molar-refractivity contribution in [2.45, 2.75) is 32.2 Å². The van der Waals surface area contributed by atoms with Gasteiger partial charge < -0.3 is 15.1 Å². The number of hydrogen-bond acceptors (Lipinski definition) is 6. The topological polar surface area (TPSA) is 106 Å². The quantitative estimate of drug-likeness (QED) is 0.422. The lowest BCUT2D eigenvalue weighted by molar-refractivity contribution is 0.0948. The van der Waals surface area contributed by atoms with Crippen molar-refractivity contribution in [3.05, 3.63) is 98.4 Å². The van der Waals surface area contributed by atoms with Crippen molar-refractivity contribution in [1.82, 2.24) is 15.1 Å². The van der Waals surface area contributed by atoms with E-state index in [1.165, 1.54) is 58.8 Å². The van der Waals surface area contributed by atoms with Gasteiger partial charge in [-0.25, -0.2) is 9.07 Å². The summed E-state index contributed by atoms with van der Waals surface area (Å²) >= 11 is 1.35. The molecule has 0 saturated carbocycles. The standard InChI is InChI=1S/C25H21FN4O4S/c26-15-7-9-16(10-8-15)30-12-11-19(31)22(29-30)24(33)28-25-21(18-5-1-2-6-20(18)35-25)23(32)27-14-17-4-3-13-34-17/h3-4,7-13H,1-2,5-6,14H2,(H,27,32)(H,28,33). The second-order valence-electron chi connectivity index (χ2n) is 8.08. The number of aromatic nitrogens is 2. The molecule has 0 bridgehead atoms. The number of nitrogens with one attached hydrogen (secondary N) is 2. The number of furan rings is 1. The number of benzene rings is 1. The molecule has 0 radical (unpaired) electrons. The molecule has 0 aliphatic heterocycles. The van der Waals surface area contributed by atoms with Crippen molar-refractivity contribution in [2.24, 2.45) is 0 Å². The van der Waals surface area contributed by atoms with Crippen LogP contribution in [0.5, 0.6) is 0 Å². The maximum absolute atomic E-state index is 13.3. The van der Waals surface area contributed by atoms with Gasteiger partial charge in [0.25, 0.3) is 11.8 Å². The summed E-state index contributed by atoms with van der Waals surface area (Å²) in [5.74, 6) is -0.832. The van der Waals surface area contributed by atoms with Crippen LogP contribution in [0.2, 0.25) is 0 Å². The summed E-state index contributed by atoms with van der Waals surface area (Å²) in [7, 11) is 0. The van der Waals surface area contributed by atoms with Crippen LogP contribution in [0.15, 0.2) is 64.1 Å². The fourth-order valence-electron chi connectivity index (χ4n) is 4.03. The Hall–Kier alpha value is -4.05. The van der Waals surface area contributed by atoms with Crippen molar-refractivity contribution in [2.75, 3.05) is 5.32 Å². The van der Waals surface area contributed by atoms with E-state index in [1.807, 2.05) is 0 Å². The van der Waals surface area contributed by atoms with Gasteiger partial charge in [-0.1, -0.05) is 0 Å². The Morgan fingerprint density at radius 2 is 1.89 bits per heavy atom. The molecule has 2 N–H and O–H groups in total. The van der Waals surface area contributed by atoms with Crippen molar-refractivity contribution in [1.29, 1.82) is 0 Å². The lowest BCUT2D eigenvalue weighted by Crippen LogP contribution is -2.28. The normalized spacial score (nSPS) is 12.7. The number of amides is 2. The van der Waals surface area contributed by atoms with E-state index >= 15 is 0 Å². The SMILES string of the molecule is O=C(NCc1ccco1)c1c(NC(=O)c2nn(-c3ccc(F)cc3)ccc2=O)sc2c1CCCC2. The van der Waals surface area contributed by atoms with Crippen LogP contribution in [-0.4, -0.2) is 21.6 Å². The fraction of sp³-hybridized carbons (Fsp3) is 0.200. The van der Waals surface area contributed by atoms with Crippen LogP contribution >= 0.6 is 11.3 Å². The van der Waals surface area contributed by atoms with Gasteiger partial charge in [0.2, 0.25) is 5.43 Å². The average molecular weight is 493 g/mol. The minimum absolute atomic E-state index is 0.215. The summed E-state index contributed by atoms with van der Waals surface area (Å²) in [6.07, 6.45) is 6.48. The zero-order valence-electron chi connectivity index (χ0n) is 18.5. The number of aryl methyl sites for hydroxylation is 1. The maximum atomic E-state index is 13.3. The Bertz CT molecular complexity index is 1440. The van der Waals surface area contributed by atoms with Gasteiger partial charge in [-0.2, -0.15) is 5.10 Å². The van der Waals surface area contributed by atoms with Gasteiger partial charge in [0, 0.05) is 17.1 Å². The number of carbonyl (C=O) groups excluding carboxylic acids is 2. The third-order valence-electron chi connectivity index (χ3n) is 5.74. The van der Waals surface area contributed by atoms with Crippen molar-refractivity contribution in [3.8, 4) is 5.69 Å². The number of carbonyl (C=O) groups is 2. The number of fused-ring (bicyclic) bond motifs is 1. The molecule has 4 aromatic rings. The molecule has 0 fully saturated rings. The van der Waals surface area contributed by atoms with Gasteiger partial charge >= 0.3 is 0 Å². The molecule has 1 aliphatic carbocycles. The number of rotatable bonds is 6. The third kappa shape index (κ3) is 4.78. The Morgan fingerprint density at radius 1 is 1.09 bits per heavy atom. The molecule has 0 saturated heterocycles. The number of halogens is 1. The van der Waals surface area contributed by atoms with Crippen LogP contribution in [0.4, 0.5) is 9.39 Å².